The number of aromatic nitrogens is 3. The Morgan fingerprint density at radius 1 is 0.800 bits per heavy atom. The molecule has 0 bridgehead atoms. The Bertz CT molecular complexity index is 1340. The van der Waals surface area contributed by atoms with Gasteiger partial charge in [-0.05, 0) is 42.0 Å². The van der Waals surface area contributed by atoms with E-state index in [0.29, 0.717) is 12.1 Å². The van der Waals surface area contributed by atoms with Crippen LogP contribution >= 0.6 is 0 Å². The van der Waals surface area contributed by atoms with Gasteiger partial charge in [0.15, 0.2) is 17.2 Å². The molecule has 2 heterocycles. The van der Waals surface area contributed by atoms with Crippen LogP contribution < -0.4 is 4.74 Å². The fourth-order valence-corrected chi connectivity index (χ4v) is 3.41. The molecule has 0 saturated heterocycles. The van der Waals surface area contributed by atoms with Crippen molar-refractivity contribution in [2.75, 3.05) is 0 Å². The summed E-state index contributed by atoms with van der Waals surface area (Å²) in [6, 6.07) is 6.87. The van der Waals surface area contributed by atoms with Gasteiger partial charge in [0.2, 0.25) is 0 Å². The number of benzene rings is 2. The third-order valence-electron chi connectivity index (χ3n) is 5.20. The highest BCUT2D eigenvalue weighted by molar-refractivity contribution is 5.40. The normalized spacial score (nSPS) is 13.3. The summed E-state index contributed by atoms with van der Waals surface area (Å²) in [6.45, 7) is -0.208. The molecule has 0 amide bonds. The molecule has 1 atom stereocenters. The first-order valence-electron chi connectivity index (χ1n) is 9.97. The summed E-state index contributed by atoms with van der Waals surface area (Å²) in [7, 11) is 0. The Hall–Kier alpha value is -3.99. The van der Waals surface area contributed by atoms with Gasteiger partial charge in [0.1, 0.15) is 36.0 Å². The van der Waals surface area contributed by atoms with Crippen LogP contribution in [0.15, 0.2) is 73.4 Å². The summed E-state index contributed by atoms with van der Waals surface area (Å²) in [6.07, 6.45) is 3.71. The summed E-state index contributed by atoms with van der Waals surface area (Å²) in [5.74, 6) is -8.79. The Labute approximate surface area is 194 Å². The molecule has 2 aromatic carbocycles. The van der Waals surface area contributed by atoms with E-state index in [9.17, 15) is 22.7 Å². The maximum atomic E-state index is 15.8. The molecule has 2 aromatic heterocycles. The van der Waals surface area contributed by atoms with Gasteiger partial charge in [-0.25, -0.2) is 27.5 Å². The average Bonchev–Trinajstić information content (AvgIpc) is 2.85. The van der Waals surface area contributed by atoms with Crippen LogP contribution in [0, 0.1) is 23.3 Å². The first-order valence-corrected chi connectivity index (χ1v) is 9.97. The van der Waals surface area contributed by atoms with Gasteiger partial charge in [0.25, 0.3) is 0 Å². The molecule has 0 radical (unpaired) electrons. The first-order chi connectivity index (χ1) is 16.6. The first kappa shape index (κ1) is 24.1. The van der Waals surface area contributed by atoms with Gasteiger partial charge in [-0.2, -0.15) is 8.78 Å². The number of nitrogens with zero attached hydrogens (tertiary/aromatic N) is 3. The van der Waals surface area contributed by atoms with Crippen molar-refractivity contribution in [2.24, 2.45) is 0 Å². The van der Waals surface area contributed by atoms with Gasteiger partial charge in [0, 0.05) is 29.6 Å². The van der Waals surface area contributed by atoms with E-state index in [1.807, 2.05) is 0 Å². The number of ether oxygens (including phenoxy) is 1. The molecule has 0 fully saturated rings. The third kappa shape index (κ3) is 4.54. The molecule has 4 aromatic rings. The predicted molar refractivity (Wildman–Crippen MR) is 110 cm³/mol. The lowest BCUT2D eigenvalue weighted by Gasteiger charge is -2.36. The molecule has 35 heavy (non-hydrogen) atoms. The van der Waals surface area contributed by atoms with Crippen LogP contribution in [0.3, 0.4) is 0 Å². The standard InChI is InChI=1S/C24H15F6N3O2/c25-16-2-4-18(20(27)8-16)23(34,15-9-31-13-32-10-15)24(29,30)22-6-3-17(11-33-22)35-12-14-1-5-19(26)21(28)7-14/h1-11,13,34H,12H2. The predicted octanol–water partition coefficient (Wildman–Crippen LogP) is 5.03. The lowest BCUT2D eigenvalue weighted by atomic mass is 9.80. The Morgan fingerprint density at radius 2 is 1.54 bits per heavy atom. The molecule has 5 nitrogen and oxygen atoms in total. The van der Waals surface area contributed by atoms with E-state index in [2.05, 4.69) is 15.0 Å². The van der Waals surface area contributed by atoms with Gasteiger partial charge in [0.05, 0.1) is 6.20 Å². The number of rotatable bonds is 7. The Kier molecular flexibility index (Phi) is 6.44. The quantitative estimate of drug-likeness (QED) is 0.367. The van der Waals surface area contributed by atoms with Gasteiger partial charge < -0.3 is 9.84 Å². The monoisotopic (exact) mass is 491 g/mol. The van der Waals surface area contributed by atoms with Gasteiger partial charge in [-0.1, -0.05) is 6.07 Å². The zero-order chi connectivity index (χ0) is 25.2. The van der Waals surface area contributed by atoms with Crippen molar-refractivity contribution in [1.82, 2.24) is 15.0 Å². The molecule has 0 aliphatic heterocycles. The van der Waals surface area contributed by atoms with Gasteiger partial charge in [-0.15, -0.1) is 0 Å². The van der Waals surface area contributed by atoms with Crippen LogP contribution in [0.1, 0.15) is 22.4 Å². The second-order valence-electron chi connectivity index (χ2n) is 7.45. The van der Waals surface area contributed by atoms with Crippen molar-refractivity contribution in [3.8, 4) is 5.75 Å². The molecule has 0 saturated carbocycles. The summed E-state index contributed by atoms with van der Waals surface area (Å²) in [5.41, 5.74) is -5.51. The van der Waals surface area contributed by atoms with Crippen LogP contribution in [0.4, 0.5) is 26.3 Å². The number of alkyl halides is 2. The summed E-state index contributed by atoms with van der Waals surface area (Å²) < 4.78 is 91.3. The highest BCUT2D eigenvalue weighted by Crippen LogP contribution is 2.49. The topological polar surface area (TPSA) is 68.1 Å². The number of aliphatic hydroxyl groups is 1. The lowest BCUT2D eigenvalue weighted by Crippen LogP contribution is -2.45. The van der Waals surface area contributed by atoms with Crippen molar-refractivity contribution in [3.63, 3.8) is 0 Å². The fraction of sp³-hybridized carbons (Fsp3) is 0.125. The van der Waals surface area contributed by atoms with E-state index in [1.165, 1.54) is 6.07 Å². The number of pyridine rings is 1. The van der Waals surface area contributed by atoms with Crippen LogP contribution in [-0.4, -0.2) is 20.1 Å². The average molecular weight is 491 g/mol. The van der Waals surface area contributed by atoms with E-state index in [0.717, 1.165) is 55.2 Å². The largest absolute Gasteiger partial charge is 0.487 e. The second kappa shape index (κ2) is 9.34. The van der Waals surface area contributed by atoms with E-state index in [4.69, 9.17) is 4.74 Å². The number of halogens is 6. The second-order valence-corrected chi connectivity index (χ2v) is 7.45. The van der Waals surface area contributed by atoms with Crippen molar-refractivity contribution >= 4 is 0 Å². The molecular weight excluding hydrogens is 476 g/mol. The zero-order valence-corrected chi connectivity index (χ0v) is 17.6. The molecule has 1 unspecified atom stereocenters. The number of hydrogen-bond donors (Lipinski definition) is 1. The molecule has 180 valence electrons. The van der Waals surface area contributed by atoms with Gasteiger partial charge >= 0.3 is 5.92 Å². The molecule has 0 spiro atoms. The minimum Gasteiger partial charge on any atom is -0.487 e. The maximum absolute atomic E-state index is 15.8. The maximum Gasteiger partial charge on any atom is 0.326 e. The molecule has 0 aliphatic rings. The van der Waals surface area contributed by atoms with Crippen LogP contribution in [0.25, 0.3) is 0 Å². The van der Waals surface area contributed by atoms with Crippen LogP contribution in [-0.2, 0) is 18.1 Å². The fourth-order valence-electron chi connectivity index (χ4n) is 3.41. The molecule has 4 rings (SSSR count). The molecule has 0 aliphatic carbocycles. The summed E-state index contributed by atoms with van der Waals surface area (Å²) in [5, 5.41) is 11.2. The van der Waals surface area contributed by atoms with E-state index in [1.54, 1.807) is 0 Å². The molecule has 1 N–H and O–H groups in total. The van der Waals surface area contributed by atoms with Crippen molar-refractivity contribution in [3.05, 3.63) is 119 Å². The molecule has 11 heteroatoms. The minimum atomic E-state index is -4.25. The van der Waals surface area contributed by atoms with Gasteiger partial charge in [-0.3, -0.25) is 4.98 Å². The third-order valence-corrected chi connectivity index (χ3v) is 5.20. The van der Waals surface area contributed by atoms with E-state index in [-0.39, 0.29) is 17.9 Å². The number of hydrogen-bond acceptors (Lipinski definition) is 5. The Morgan fingerprint density at radius 3 is 2.17 bits per heavy atom. The minimum absolute atomic E-state index is 0.00818. The van der Waals surface area contributed by atoms with Crippen molar-refractivity contribution < 1.29 is 36.2 Å². The SMILES string of the molecule is OC(c1cncnc1)(c1ccc(F)cc1F)C(F)(F)c1ccc(OCc2ccc(F)c(F)c2)cn1. The van der Waals surface area contributed by atoms with E-state index < -0.39 is 51.6 Å². The smallest absolute Gasteiger partial charge is 0.326 e. The van der Waals surface area contributed by atoms with Crippen molar-refractivity contribution in [1.29, 1.82) is 0 Å². The lowest BCUT2D eigenvalue weighted by molar-refractivity contribution is -0.175. The Balaban J connectivity index is 1.67. The molecular formula is C24H15F6N3O2. The highest BCUT2D eigenvalue weighted by Gasteiger charge is 2.59. The summed E-state index contributed by atoms with van der Waals surface area (Å²) >= 11 is 0. The van der Waals surface area contributed by atoms with E-state index >= 15 is 8.78 Å². The van der Waals surface area contributed by atoms with Crippen LogP contribution in [0.5, 0.6) is 5.75 Å². The highest BCUT2D eigenvalue weighted by atomic mass is 19.3. The summed E-state index contributed by atoms with van der Waals surface area (Å²) in [4.78, 5) is 10.9. The zero-order valence-electron chi connectivity index (χ0n) is 17.6. The van der Waals surface area contributed by atoms with Crippen LogP contribution in [0.2, 0.25) is 0 Å². The van der Waals surface area contributed by atoms with Crippen molar-refractivity contribution in [2.45, 2.75) is 18.1 Å².